The molecule has 138 valence electrons. The van der Waals surface area contributed by atoms with E-state index >= 15 is 0 Å². The lowest BCUT2D eigenvalue weighted by Crippen LogP contribution is -2.38. The minimum atomic E-state index is -0.565. The first-order valence-corrected chi connectivity index (χ1v) is 9.35. The van der Waals surface area contributed by atoms with E-state index in [2.05, 4.69) is 24.4 Å². The van der Waals surface area contributed by atoms with Gasteiger partial charge in [-0.05, 0) is 42.2 Å². The van der Waals surface area contributed by atoms with Gasteiger partial charge in [-0.1, -0.05) is 79.7 Å². The predicted octanol–water partition coefficient (Wildman–Crippen LogP) is 5.39. The van der Waals surface area contributed by atoms with Gasteiger partial charge in [0.1, 0.15) is 5.75 Å². The number of ether oxygens (including phenoxy) is 1. The second-order valence-corrected chi connectivity index (χ2v) is 6.53. The van der Waals surface area contributed by atoms with E-state index in [-0.39, 0.29) is 11.9 Å². The number of carbonyl (C=O) groups is 1. The van der Waals surface area contributed by atoms with Crippen molar-refractivity contribution in [3.05, 3.63) is 90.5 Å². The highest BCUT2D eigenvalue weighted by Crippen LogP contribution is 2.23. The standard InChI is InChI=1S/C24H25NO2/c1-3-23(21-12-8-5-9-13-21)25-24(26)18(2)27-22-16-14-20(15-17-22)19-10-6-4-7-11-19/h4-18,23H,3H2,1-2H3,(H,25,26). The van der Waals surface area contributed by atoms with Crippen LogP contribution in [0.15, 0.2) is 84.9 Å². The summed E-state index contributed by atoms with van der Waals surface area (Å²) in [6.45, 7) is 3.84. The Morgan fingerprint density at radius 2 is 1.41 bits per heavy atom. The van der Waals surface area contributed by atoms with E-state index < -0.39 is 6.10 Å². The molecule has 0 aromatic heterocycles. The third-order valence-electron chi connectivity index (χ3n) is 4.57. The molecular formula is C24H25NO2. The highest BCUT2D eigenvalue weighted by molar-refractivity contribution is 5.81. The Morgan fingerprint density at radius 1 is 0.852 bits per heavy atom. The van der Waals surface area contributed by atoms with Crippen molar-refractivity contribution in [2.24, 2.45) is 0 Å². The van der Waals surface area contributed by atoms with Crippen LogP contribution in [-0.4, -0.2) is 12.0 Å². The molecule has 0 saturated heterocycles. The zero-order chi connectivity index (χ0) is 19.1. The average Bonchev–Trinajstić information content (AvgIpc) is 2.73. The highest BCUT2D eigenvalue weighted by atomic mass is 16.5. The summed E-state index contributed by atoms with van der Waals surface area (Å²) in [4.78, 5) is 12.5. The molecule has 0 aliphatic rings. The van der Waals surface area contributed by atoms with Gasteiger partial charge in [-0.15, -0.1) is 0 Å². The largest absolute Gasteiger partial charge is 0.481 e. The number of carbonyl (C=O) groups excluding carboxylic acids is 1. The van der Waals surface area contributed by atoms with Gasteiger partial charge in [0.15, 0.2) is 6.10 Å². The maximum atomic E-state index is 12.5. The van der Waals surface area contributed by atoms with Gasteiger partial charge in [-0.2, -0.15) is 0 Å². The Hall–Kier alpha value is -3.07. The van der Waals surface area contributed by atoms with Gasteiger partial charge in [0.25, 0.3) is 5.91 Å². The molecule has 3 heteroatoms. The van der Waals surface area contributed by atoms with E-state index in [1.54, 1.807) is 6.92 Å². The van der Waals surface area contributed by atoms with Gasteiger partial charge in [0.05, 0.1) is 6.04 Å². The summed E-state index contributed by atoms with van der Waals surface area (Å²) in [5, 5.41) is 3.08. The summed E-state index contributed by atoms with van der Waals surface area (Å²) in [5.74, 6) is 0.572. The lowest BCUT2D eigenvalue weighted by molar-refractivity contribution is -0.128. The third kappa shape index (κ3) is 4.98. The van der Waals surface area contributed by atoms with Crippen molar-refractivity contribution in [1.29, 1.82) is 0 Å². The van der Waals surface area contributed by atoms with Gasteiger partial charge in [0.2, 0.25) is 0 Å². The van der Waals surface area contributed by atoms with Gasteiger partial charge in [-0.25, -0.2) is 0 Å². The summed E-state index contributed by atoms with van der Waals surface area (Å²) in [6.07, 6.45) is 0.263. The zero-order valence-electron chi connectivity index (χ0n) is 15.8. The van der Waals surface area contributed by atoms with Crippen LogP contribution in [-0.2, 0) is 4.79 Å². The SMILES string of the molecule is CCC(NC(=O)C(C)Oc1ccc(-c2ccccc2)cc1)c1ccccc1. The van der Waals surface area contributed by atoms with Crippen LogP contribution in [0, 0.1) is 0 Å². The Balaban J connectivity index is 1.61. The van der Waals surface area contributed by atoms with E-state index in [4.69, 9.17) is 4.74 Å². The molecule has 2 atom stereocenters. The van der Waals surface area contributed by atoms with Crippen LogP contribution >= 0.6 is 0 Å². The van der Waals surface area contributed by atoms with Crippen LogP contribution in [0.1, 0.15) is 31.9 Å². The first-order valence-electron chi connectivity index (χ1n) is 9.35. The average molecular weight is 359 g/mol. The fourth-order valence-electron chi connectivity index (χ4n) is 3.01. The maximum Gasteiger partial charge on any atom is 0.261 e. The zero-order valence-corrected chi connectivity index (χ0v) is 15.8. The molecule has 0 bridgehead atoms. The van der Waals surface area contributed by atoms with Crippen molar-refractivity contribution in [2.75, 3.05) is 0 Å². The predicted molar refractivity (Wildman–Crippen MR) is 110 cm³/mol. The Bertz CT molecular complexity index is 845. The van der Waals surface area contributed by atoms with Crippen molar-refractivity contribution in [2.45, 2.75) is 32.4 Å². The molecule has 0 spiro atoms. The first kappa shape index (κ1) is 18.7. The Labute approximate surface area is 161 Å². The topological polar surface area (TPSA) is 38.3 Å². The molecule has 0 fully saturated rings. The molecule has 2 unspecified atom stereocenters. The number of rotatable bonds is 7. The summed E-state index contributed by atoms with van der Waals surface area (Å²) in [5.41, 5.74) is 3.38. The first-order chi connectivity index (χ1) is 13.2. The van der Waals surface area contributed by atoms with Gasteiger partial charge < -0.3 is 10.1 Å². The molecule has 0 heterocycles. The van der Waals surface area contributed by atoms with Crippen LogP contribution in [0.2, 0.25) is 0 Å². The fourth-order valence-corrected chi connectivity index (χ4v) is 3.01. The minimum Gasteiger partial charge on any atom is -0.481 e. The summed E-state index contributed by atoms with van der Waals surface area (Å²) in [7, 11) is 0. The fraction of sp³-hybridized carbons (Fsp3) is 0.208. The molecular weight excluding hydrogens is 334 g/mol. The number of hydrogen-bond donors (Lipinski definition) is 1. The summed E-state index contributed by atoms with van der Waals surface area (Å²) >= 11 is 0. The number of nitrogens with one attached hydrogen (secondary N) is 1. The minimum absolute atomic E-state index is 0.00907. The quantitative estimate of drug-likeness (QED) is 0.614. The molecule has 0 saturated carbocycles. The molecule has 1 N–H and O–H groups in total. The van der Waals surface area contributed by atoms with Crippen molar-refractivity contribution in [3.8, 4) is 16.9 Å². The molecule has 27 heavy (non-hydrogen) atoms. The van der Waals surface area contributed by atoms with Crippen LogP contribution in [0.3, 0.4) is 0 Å². The molecule has 3 aromatic rings. The van der Waals surface area contributed by atoms with Crippen molar-refractivity contribution in [3.63, 3.8) is 0 Å². The molecule has 1 amide bonds. The second kappa shape index (κ2) is 9.04. The number of hydrogen-bond acceptors (Lipinski definition) is 2. The Kier molecular flexibility index (Phi) is 6.26. The Morgan fingerprint density at radius 3 is 2.00 bits per heavy atom. The lowest BCUT2D eigenvalue weighted by Gasteiger charge is -2.21. The van der Waals surface area contributed by atoms with Gasteiger partial charge >= 0.3 is 0 Å². The molecule has 3 aromatic carbocycles. The van der Waals surface area contributed by atoms with E-state index in [1.165, 1.54) is 0 Å². The summed E-state index contributed by atoms with van der Waals surface area (Å²) < 4.78 is 5.84. The molecule has 0 aliphatic heterocycles. The maximum absolute atomic E-state index is 12.5. The summed E-state index contributed by atoms with van der Waals surface area (Å²) in [6, 6.07) is 28.0. The van der Waals surface area contributed by atoms with Crippen LogP contribution < -0.4 is 10.1 Å². The smallest absolute Gasteiger partial charge is 0.261 e. The monoisotopic (exact) mass is 359 g/mol. The lowest BCUT2D eigenvalue weighted by atomic mass is 10.0. The van der Waals surface area contributed by atoms with Crippen LogP contribution in [0.4, 0.5) is 0 Å². The van der Waals surface area contributed by atoms with Gasteiger partial charge in [0, 0.05) is 0 Å². The van der Waals surface area contributed by atoms with Crippen molar-refractivity contribution < 1.29 is 9.53 Å². The highest BCUT2D eigenvalue weighted by Gasteiger charge is 2.19. The number of amides is 1. The van der Waals surface area contributed by atoms with Crippen LogP contribution in [0.5, 0.6) is 5.75 Å². The molecule has 3 nitrogen and oxygen atoms in total. The van der Waals surface area contributed by atoms with E-state index in [9.17, 15) is 4.79 Å². The van der Waals surface area contributed by atoms with E-state index in [1.807, 2.05) is 72.8 Å². The second-order valence-electron chi connectivity index (χ2n) is 6.53. The van der Waals surface area contributed by atoms with E-state index in [0.717, 1.165) is 23.1 Å². The molecule has 3 rings (SSSR count). The number of benzene rings is 3. The third-order valence-corrected chi connectivity index (χ3v) is 4.57. The van der Waals surface area contributed by atoms with Crippen molar-refractivity contribution >= 4 is 5.91 Å². The van der Waals surface area contributed by atoms with Gasteiger partial charge in [-0.3, -0.25) is 4.79 Å². The van der Waals surface area contributed by atoms with E-state index in [0.29, 0.717) is 5.75 Å². The van der Waals surface area contributed by atoms with Crippen molar-refractivity contribution in [1.82, 2.24) is 5.32 Å². The normalized spacial score (nSPS) is 12.8. The molecule has 0 radical (unpaired) electrons. The van der Waals surface area contributed by atoms with Crippen LogP contribution in [0.25, 0.3) is 11.1 Å². The molecule has 0 aliphatic carbocycles.